The number of ether oxygens (including phenoxy) is 1. The molecule has 0 atom stereocenters. The summed E-state index contributed by atoms with van der Waals surface area (Å²) in [6.07, 6.45) is 3.56. The van der Waals surface area contributed by atoms with E-state index in [-0.39, 0.29) is 21.1 Å². The van der Waals surface area contributed by atoms with Crippen LogP contribution in [0.1, 0.15) is 0 Å². The molecule has 7 nitrogen and oxygen atoms in total. The van der Waals surface area contributed by atoms with E-state index in [2.05, 4.69) is 12.1 Å². The van der Waals surface area contributed by atoms with Crippen LogP contribution < -0.4 is 14.5 Å². The Labute approximate surface area is 324 Å². The Hall–Kier alpha value is -6.69. The fraction of sp³-hybridized carbons (Fsp3) is 0. The number of nitrogens with zero attached hydrogens (tertiary/aromatic N) is 4. The maximum Gasteiger partial charge on any atom is 2.00 e. The first-order chi connectivity index (χ1) is 26.3. The van der Waals surface area contributed by atoms with Gasteiger partial charge in [-0.05, 0) is 82.2 Å². The molecule has 10 aromatic rings. The first-order valence-electron chi connectivity index (χ1n) is 17.2. The SMILES string of the molecule is [Pt+2].[c-]1c(N(c2ccccc2)c2ccccn2)cc2oc3ccccc3c2c1Oc1[c-]c(N(c2ccccc2)c2ccccn2)cc2oc3ccccc3c12. The van der Waals surface area contributed by atoms with Gasteiger partial charge in [-0.15, -0.1) is 24.3 Å². The van der Waals surface area contributed by atoms with Gasteiger partial charge in [0.25, 0.3) is 0 Å². The molecule has 0 aliphatic rings. The smallest absolute Gasteiger partial charge is 0.508 e. The third-order valence-corrected chi connectivity index (χ3v) is 9.19. The summed E-state index contributed by atoms with van der Waals surface area (Å²) in [6, 6.07) is 59.1. The van der Waals surface area contributed by atoms with Crippen LogP contribution in [0.2, 0.25) is 0 Å². The van der Waals surface area contributed by atoms with Crippen LogP contribution >= 0.6 is 0 Å². The van der Waals surface area contributed by atoms with Gasteiger partial charge in [-0.3, -0.25) is 0 Å². The molecule has 4 heterocycles. The predicted molar refractivity (Wildman–Crippen MR) is 210 cm³/mol. The molecule has 0 aliphatic heterocycles. The Balaban J connectivity index is 0.00000384. The number of anilines is 6. The summed E-state index contributed by atoms with van der Waals surface area (Å²) < 4.78 is 20.2. The van der Waals surface area contributed by atoms with Crippen LogP contribution in [0, 0.1) is 12.1 Å². The number of para-hydroxylation sites is 4. The number of fused-ring (bicyclic) bond motifs is 6. The molecule has 0 unspecified atom stereocenters. The summed E-state index contributed by atoms with van der Waals surface area (Å²) >= 11 is 0. The molecule has 54 heavy (non-hydrogen) atoms. The number of rotatable bonds is 8. The third-order valence-electron chi connectivity index (χ3n) is 9.19. The van der Waals surface area contributed by atoms with Crippen molar-refractivity contribution in [1.82, 2.24) is 9.97 Å². The number of hydrogen-bond donors (Lipinski definition) is 0. The molecule has 8 heteroatoms. The van der Waals surface area contributed by atoms with E-state index < -0.39 is 0 Å². The van der Waals surface area contributed by atoms with E-state index in [1.165, 1.54) is 0 Å². The van der Waals surface area contributed by atoms with Gasteiger partial charge in [0.05, 0.1) is 0 Å². The molecule has 10 rings (SSSR count). The second kappa shape index (κ2) is 14.0. The Morgan fingerprint density at radius 2 is 0.852 bits per heavy atom. The van der Waals surface area contributed by atoms with Crippen molar-refractivity contribution in [2.24, 2.45) is 0 Å². The zero-order chi connectivity index (χ0) is 35.1. The fourth-order valence-corrected chi connectivity index (χ4v) is 6.89. The minimum atomic E-state index is 0. The molecule has 0 radical (unpaired) electrons. The zero-order valence-electron chi connectivity index (χ0n) is 28.5. The van der Waals surface area contributed by atoms with E-state index in [0.29, 0.717) is 34.0 Å². The fourth-order valence-electron chi connectivity index (χ4n) is 6.89. The van der Waals surface area contributed by atoms with Gasteiger partial charge in [0.1, 0.15) is 22.8 Å². The molecule has 0 bridgehead atoms. The Bertz CT molecular complexity index is 2600. The zero-order valence-corrected chi connectivity index (χ0v) is 30.8. The summed E-state index contributed by atoms with van der Waals surface area (Å²) in [7, 11) is 0. The van der Waals surface area contributed by atoms with E-state index in [1.807, 2.05) is 168 Å². The van der Waals surface area contributed by atoms with Gasteiger partial charge in [-0.2, -0.15) is 0 Å². The normalized spacial score (nSPS) is 11.2. The summed E-state index contributed by atoms with van der Waals surface area (Å²) in [5.74, 6) is 2.40. The molecule has 0 aliphatic carbocycles. The predicted octanol–water partition coefficient (Wildman–Crippen LogP) is 12.6. The molecule has 0 fully saturated rings. The van der Waals surface area contributed by atoms with Gasteiger partial charge >= 0.3 is 21.1 Å². The monoisotopic (exact) mass is 879 g/mol. The van der Waals surface area contributed by atoms with Crippen LogP contribution in [0.5, 0.6) is 11.5 Å². The topological polar surface area (TPSA) is 67.8 Å². The van der Waals surface area contributed by atoms with E-state index >= 15 is 0 Å². The number of hydrogen-bond acceptors (Lipinski definition) is 7. The molecule has 6 aromatic carbocycles. The van der Waals surface area contributed by atoms with E-state index in [9.17, 15) is 0 Å². The van der Waals surface area contributed by atoms with E-state index in [4.69, 9.17) is 23.5 Å². The Morgan fingerprint density at radius 1 is 0.444 bits per heavy atom. The number of aromatic nitrogens is 2. The number of pyridine rings is 2. The number of benzene rings is 6. The number of furan rings is 2. The summed E-state index contributed by atoms with van der Waals surface area (Å²) in [4.78, 5) is 13.5. The van der Waals surface area contributed by atoms with Crippen molar-refractivity contribution >= 4 is 78.3 Å². The van der Waals surface area contributed by atoms with Crippen molar-refractivity contribution in [3.8, 4) is 11.5 Å². The quantitative estimate of drug-likeness (QED) is 0.141. The molecule has 0 spiro atoms. The maximum atomic E-state index is 7.14. The van der Waals surface area contributed by atoms with Crippen molar-refractivity contribution in [2.75, 3.05) is 9.80 Å². The van der Waals surface area contributed by atoms with Crippen LogP contribution in [-0.4, -0.2) is 9.97 Å². The average molecular weight is 880 g/mol. The van der Waals surface area contributed by atoms with Crippen LogP contribution in [0.15, 0.2) is 179 Å². The van der Waals surface area contributed by atoms with Gasteiger partial charge in [-0.25, -0.2) is 9.97 Å². The largest absolute Gasteiger partial charge is 2.00 e. The van der Waals surface area contributed by atoms with Gasteiger partial charge in [0.15, 0.2) is 0 Å². The van der Waals surface area contributed by atoms with Gasteiger partial charge in [0, 0.05) is 46.4 Å². The molecule has 0 saturated carbocycles. The van der Waals surface area contributed by atoms with Crippen molar-refractivity contribution in [2.45, 2.75) is 0 Å². The summed E-state index contributed by atoms with van der Waals surface area (Å²) in [6.45, 7) is 0. The first-order valence-corrected chi connectivity index (χ1v) is 17.2. The van der Waals surface area contributed by atoms with Crippen LogP contribution in [-0.2, 0) is 21.1 Å². The summed E-state index contributed by atoms with van der Waals surface area (Å²) in [5.41, 5.74) is 5.99. The maximum absolute atomic E-state index is 7.14. The third kappa shape index (κ3) is 5.85. The Kier molecular flexibility index (Phi) is 8.62. The molecule has 0 saturated heterocycles. The van der Waals surface area contributed by atoms with Crippen molar-refractivity contribution in [3.05, 3.63) is 182 Å². The first kappa shape index (κ1) is 33.2. The van der Waals surface area contributed by atoms with Crippen LogP contribution in [0.3, 0.4) is 0 Å². The molecular formula is C46H28N4O3Pt. The molecule has 0 N–H and O–H groups in total. The second-order valence-corrected chi connectivity index (χ2v) is 12.5. The van der Waals surface area contributed by atoms with E-state index in [1.54, 1.807) is 12.4 Å². The van der Waals surface area contributed by atoms with Crippen LogP contribution in [0.25, 0.3) is 43.9 Å². The van der Waals surface area contributed by atoms with Crippen LogP contribution in [0.4, 0.5) is 34.4 Å². The molecular weight excluding hydrogens is 852 g/mol. The van der Waals surface area contributed by atoms with Gasteiger partial charge in [-0.1, -0.05) is 96.3 Å². The molecule has 4 aromatic heterocycles. The molecule has 260 valence electrons. The minimum absolute atomic E-state index is 0. The molecule has 0 amide bonds. The van der Waals surface area contributed by atoms with Gasteiger partial charge < -0.3 is 23.4 Å². The van der Waals surface area contributed by atoms with Crippen molar-refractivity contribution in [3.63, 3.8) is 0 Å². The second-order valence-electron chi connectivity index (χ2n) is 12.5. The summed E-state index contributed by atoms with van der Waals surface area (Å²) in [5, 5.41) is 3.41. The van der Waals surface area contributed by atoms with E-state index in [0.717, 1.165) is 55.7 Å². The Morgan fingerprint density at radius 3 is 1.28 bits per heavy atom. The van der Waals surface area contributed by atoms with Crippen molar-refractivity contribution in [1.29, 1.82) is 0 Å². The van der Waals surface area contributed by atoms with Crippen molar-refractivity contribution < 1.29 is 34.6 Å². The average Bonchev–Trinajstić information content (AvgIpc) is 3.78. The minimum Gasteiger partial charge on any atom is -0.508 e. The van der Waals surface area contributed by atoms with Gasteiger partial charge in [0.2, 0.25) is 0 Å². The standard InChI is InChI=1S/C46H28N4O3.Pt/c1-3-15-31(16-4-1)49(43-23-11-13-25-47-43)33-27-39-45(35-19-7-9-21-37(35)51-39)41(29-33)53-42-30-34(28-40-46(42)36-20-8-10-22-38(36)52-40)50(32-17-5-2-6-18-32)44-24-12-14-26-48-44;/h1-28H;/q-2;+2.